The van der Waals surface area contributed by atoms with E-state index in [4.69, 9.17) is 11.0 Å². The van der Waals surface area contributed by atoms with Gasteiger partial charge in [-0.05, 0) is 34.7 Å². The molecule has 0 spiro atoms. The Kier molecular flexibility index (Phi) is 6.99. The lowest BCUT2D eigenvalue weighted by Gasteiger charge is -2.25. The van der Waals surface area contributed by atoms with Crippen LogP contribution in [0.15, 0.2) is 48.5 Å². The SMILES string of the molecule is CCC(C)CN(Cc1ccc(C#N)cc1)Cc1ccc(CN)cc1. The van der Waals surface area contributed by atoms with Gasteiger partial charge in [0.15, 0.2) is 0 Å². The second-order valence-electron chi connectivity index (χ2n) is 6.51. The van der Waals surface area contributed by atoms with Crippen LogP contribution in [0.5, 0.6) is 0 Å². The van der Waals surface area contributed by atoms with E-state index in [1.54, 1.807) is 0 Å². The minimum absolute atomic E-state index is 0.585. The molecule has 0 aromatic heterocycles. The van der Waals surface area contributed by atoms with Gasteiger partial charge in [-0.1, -0.05) is 56.7 Å². The molecule has 2 rings (SSSR count). The Hall–Kier alpha value is -2.15. The smallest absolute Gasteiger partial charge is 0.0991 e. The highest BCUT2D eigenvalue weighted by atomic mass is 15.1. The fraction of sp³-hybridized carbons (Fsp3) is 0.381. The monoisotopic (exact) mass is 321 g/mol. The van der Waals surface area contributed by atoms with Crippen molar-refractivity contribution < 1.29 is 0 Å². The first-order valence-corrected chi connectivity index (χ1v) is 8.63. The lowest BCUT2D eigenvalue weighted by atomic mass is 10.1. The summed E-state index contributed by atoms with van der Waals surface area (Å²) in [6, 6.07) is 18.6. The molecule has 2 N–H and O–H groups in total. The number of hydrogen-bond donors (Lipinski definition) is 1. The van der Waals surface area contributed by atoms with E-state index in [9.17, 15) is 0 Å². The van der Waals surface area contributed by atoms with Crippen LogP contribution in [0.2, 0.25) is 0 Å². The molecule has 0 radical (unpaired) electrons. The van der Waals surface area contributed by atoms with E-state index in [0.29, 0.717) is 18.0 Å². The molecule has 0 heterocycles. The van der Waals surface area contributed by atoms with Gasteiger partial charge in [-0.2, -0.15) is 5.26 Å². The molecule has 3 heteroatoms. The molecule has 0 aliphatic carbocycles. The summed E-state index contributed by atoms with van der Waals surface area (Å²) in [5.74, 6) is 0.659. The first-order chi connectivity index (χ1) is 11.6. The van der Waals surface area contributed by atoms with E-state index in [2.05, 4.69) is 61.2 Å². The fourth-order valence-electron chi connectivity index (χ4n) is 2.74. The average molecular weight is 321 g/mol. The van der Waals surface area contributed by atoms with E-state index in [1.807, 2.05) is 12.1 Å². The van der Waals surface area contributed by atoms with E-state index < -0.39 is 0 Å². The molecule has 0 aliphatic rings. The van der Waals surface area contributed by atoms with E-state index in [1.165, 1.54) is 23.1 Å². The summed E-state index contributed by atoms with van der Waals surface area (Å²) < 4.78 is 0. The molecule has 0 bridgehead atoms. The summed E-state index contributed by atoms with van der Waals surface area (Å²) in [6.45, 7) is 8.00. The zero-order valence-corrected chi connectivity index (χ0v) is 14.7. The highest BCUT2D eigenvalue weighted by Gasteiger charge is 2.11. The molecule has 0 saturated carbocycles. The molecule has 1 atom stereocenters. The normalized spacial score (nSPS) is 12.1. The second kappa shape index (κ2) is 9.22. The third-order valence-electron chi connectivity index (χ3n) is 4.42. The zero-order valence-electron chi connectivity index (χ0n) is 14.7. The van der Waals surface area contributed by atoms with Gasteiger partial charge in [-0.15, -0.1) is 0 Å². The van der Waals surface area contributed by atoms with Crippen molar-refractivity contribution in [2.45, 2.75) is 39.9 Å². The zero-order chi connectivity index (χ0) is 17.4. The van der Waals surface area contributed by atoms with Crippen molar-refractivity contribution in [3.05, 3.63) is 70.8 Å². The maximum Gasteiger partial charge on any atom is 0.0991 e. The van der Waals surface area contributed by atoms with E-state index >= 15 is 0 Å². The molecule has 24 heavy (non-hydrogen) atoms. The van der Waals surface area contributed by atoms with Gasteiger partial charge in [0.2, 0.25) is 0 Å². The number of nitriles is 1. The highest BCUT2D eigenvalue weighted by Crippen LogP contribution is 2.15. The molecule has 0 saturated heterocycles. The summed E-state index contributed by atoms with van der Waals surface area (Å²) in [4.78, 5) is 2.48. The van der Waals surface area contributed by atoms with Crippen molar-refractivity contribution in [2.75, 3.05) is 6.54 Å². The standard InChI is InChI=1S/C21H27N3/c1-3-17(2)14-24(15-20-8-4-18(12-22)5-9-20)16-21-10-6-19(13-23)7-11-21/h4-11,17H,3,12,14-16,22H2,1-2H3. The fourth-order valence-corrected chi connectivity index (χ4v) is 2.74. The van der Waals surface area contributed by atoms with Crippen LogP contribution in [-0.2, 0) is 19.6 Å². The van der Waals surface area contributed by atoms with E-state index in [0.717, 1.165) is 19.6 Å². The maximum atomic E-state index is 8.93. The average Bonchev–Trinajstić information content (AvgIpc) is 2.62. The summed E-state index contributed by atoms with van der Waals surface area (Å²) >= 11 is 0. The van der Waals surface area contributed by atoms with Crippen molar-refractivity contribution in [3.8, 4) is 6.07 Å². The third-order valence-corrected chi connectivity index (χ3v) is 4.42. The minimum Gasteiger partial charge on any atom is -0.326 e. The predicted octanol–water partition coefficient (Wildman–Crippen LogP) is 4.07. The lowest BCUT2D eigenvalue weighted by Crippen LogP contribution is -2.27. The predicted molar refractivity (Wildman–Crippen MR) is 99.1 cm³/mol. The largest absolute Gasteiger partial charge is 0.326 e. The van der Waals surface area contributed by atoms with Gasteiger partial charge in [-0.25, -0.2) is 0 Å². The first-order valence-electron chi connectivity index (χ1n) is 8.63. The maximum absolute atomic E-state index is 8.93. The summed E-state index contributed by atoms with van der Waals surface area (Å²) in [5, 5.41) is 8.93. The van der Waals surface area contributed by atoms with Gasteiger partial charge in [0, 0.05) is 26.2 Å². The molecular weight excluding hydrogens is 294 g/mol. The molecule has 0 amide bonds. The van der Waals surface area contributed by atoms with Gasteiger partial charge in [0.05, 0.1) is 11.6 Å². The van der Waals surface area contributed by atoms with Gasteiger partial charge < -0.3 is 5.73 Å². The van der Waals surface area contributed by atoms with Crippen molar-refractivity contribution in [1.29, 1.82) is 5.26 Å². The number of benzene rings is 2. The highest BCUT2D eigenvalue weighted by molar-refractivity contribution is 5.31. The summed E-state index contributed by atoms with van der Waals surface area (Å²) in [7, 11) is 0. The van der Waals surface area contributed by atoms with E-state index in [-0.39, 0.29) is 0 Å². The molecule has 126 valence electrons. The molecule has 2 aromatic rings. The van der Waals surface area contributed by atoms with Crippen molar-refractivity contribution in [3.63, 3.8) is 0 Å². The van der Waals surface area contributed by atoms with Gasteiger partial charge in [0.1, 0.15) is 0 Å². The molecule has 1 unspecified atom stereocenters. The Balaban J connectivity index is 2.09. The minimum atomic E-state index is 0.585. The number of nitrogens with two attached hydrogens (primary N) is 1. The van der Waals surface area contributed by atoms with Crippen LogP contribution in [0.3, 0.4) is 0 Å². The molecular formula is C21H27N3. The Labute approximate surface area is 145 Å². The number of rotatable bonds is 8. The van der Waals surface area contributed by atoms with Crippen molar-refractivity contribution in [1.82, 2.24) is 4.90 Å². The molecule has 3 nitrogen and oxygen atoms in total. The quantitative estimate of drug-likeness (QED) is 0.797. The molecule has 0 aliphatic heterocycles. The van der Waals surface area contributed by atoms with Crippen LogP contribution in [0.1, 0.15) is 42.5 Å². The van der Waals surface area contributed by atoms with Crippen LogP contribution in [0, 0.1) is 17.2 Å². The summed E-state index contributed by atoms with van der Waals surface area (Å²) in [5.41, 5.74) is 10.1. The lowest BCUT2D eigenvalue weighted by molar-refractivity contribution is 0.218. The Morgan fingerprint density at radius 2 is 1.46 bits per heavy atom. The third kappa shape index (κ3) is 5.49. The summed E-state index contributed by atoms with van der Waals surface area (Å²) in [6.07, 6.45) is 1.18. The van der Waals surface area contributed by atoms with Crippen LogP contribution in [0.4, 0.5) is 0 Å². The topological polar surface area (TPSA) is 53.0 Å². The Morgan fingerprint density at radius 1 is 0.958 bits per heavy atom. The number of hydrogen-bond acceptors (Lipinski definition) is 3. The second-order valence-corrected chi connectivity index (χ2v) is 6.51. The molecule has 0 fully saturated rings. The Morgan fingerprint density at radius 3 is 1.92 bits per heavy atom. The van der Waals surface area contributed by atoms with Crippen molar-refractivity contribution in [2.24, 2.45) is 11.7 Å². The van der Waals surface area contributed by atoms with Crippen molar-refractivity contribution >= 4 is 0 Å². The van der Waals surface area contributed by atoms with Crippen LogP contribution >= 0.6 is 0 Å². The molecule has 2 aromatic carbocycles. The van der Waals surface area contributed by atoms with Crippen LogP contribution in [-0.4, -0.2) is 11.4 Å². The van der Waals surface area contributed by atoms with Gasteiger partial charge in [0.25, 0.3) is 0 Å². The first kappa shape index (κ1) is 18.2. The van der Waals surface area contributed by atoms with Gasteiger partial charge >= 0.3 is 0 Å². The van der Waals surface area contributed by atoms with Crippen LogP contribution in [0.25, 0.3) is 0 Å². The Bertz CT molecular complexity index is 653. The van der Waals surface area contributed by atoms with Gasteiger partial charge in [-0.3, -0.25) is 4.90 Å². The van der Waals surface area contributed by atoms with Crippen LogP contribution < -0.4 is 5.73 Å². The number of nitrogens with zero attached hydrogens (tertiary/aromatic N) is 2.